The van der Waals surface area contributed by atoms with E-state index < -0.39 is 0 Å². The van der Waals surface area contributed by atoms with Crippen LogP contribution in [0.4, 0.5) is 0 Å². The molecule has 0 heterocycles. The average molecular weight is 394 g/mol. The van der Waals surface area contributed by atoms with E-state index in [1.807, 2.05) is 48.7 Å². The molecule has 0 saturated carbocycles. The molecule has 0 atom stereocenters. The Morgan fingerprint density at radius 1 is 0.793 bits per heavy atom. The maximum atomic E-state index is 6.13. The molecule has 29 heavy (non-hydrogen) atoms. The van der Waals surface area contributed by atoms with Crippen LogP contribution in [0.1, 0.15) is 44.7 Å². The van der Waals surface area contributed by atoms with Crippen molar-refractivity contribution >= 4 is 6.21 Å². The third-order valence-corrected chi connectivity index (χ3v) is 4.62. The predicted octanol–water partition coefficient (Wildman–Crippen LogP) is 6.24. The Morgan fingerprint density at radius 3 is 1.69 bits per heavy atom. The van der Waals surface area contributed by atoms with E-state index in [4.69, 9.17) is 9.47 Å². The van der Waals surface area contributed by atoms with Crippen LogP contribution in [0, 0.1) is 5.41 Å². The van der Waals surface area contributed by atoms with Gasteiger partial charge in [0.1, 0.15) is 0 Å². The van der Waals surface area contributed by atoms with E-state index >= 15 is 0 Å². The quantitative estimate of drug-likeness (QED) is 0.315. The Kier molecular flexibility index (Phi) is 9.30. The minimum Gasteiger partial charge on any atom is -0.376 e. The van der Waals surface area contributed by atoms with Crippen LogP contribution >= 0.6 is 0 Å². The molecule has 3 heteroatoms. The number of hydrogen-bond donors (Lipinski definition) is 0. The minimum absolute atomic E-state index is 0.0876. The van der Waals surface area contributed by atoms with Crippen LogP contribution in [-0.4, -0.2) is 25.0 Å². The zero-order valence-electron chi connectivity index (χ0n) is 18.1. The van der Waals surface area contributed by atoms with E-state index in [0.717, 1.165) is 12.8 Å². The van der Waals surface area contributed by atoms with Crippen molar-refractivity contribution < 1.29 is 9.47 Å². The standard InChI is InChI=1S/C26H35NO2/c1-5-16-26(17-18-27-25(2,3)4,21-28-19-23-12-8-6-9-13-23)22-29-20-24-14-10-7-11-15-24/h5-15,18H,1,16-17,19-22H2,2-4H3. The van der Waals surface area contributed by atoms with Crippen LogP contribution in [0.2, 0.25) is 0 Å². The number of benzene rings is 2. The maximum absolute atomic E-state index is 6.13. The van der Waals surface area contributed by atoms with Crippen LogP contribution in [0.3, 0.4) is 0 Å². The Hall–Kier alpha value is -2.23. The summed E-state index contributed by atoms with van der Waals surface area (Å²) in [6, 6.07) is 20.5. The minimum atomic E-state index is -0.180. The van der Waals surface area contributed by atoms with Gasteiger partial charge in [-0.1, -0.05) is 66.7 Å². The molecule has 0 fully saturated rings. The maximum Gasteiger partial charge on any atom is 0.0717 e. The molecule has 156 valence electrons. The van der Waals surface area contributed by atoms with Gasteiger partial charge in [-0.3, -0.25) is 4.99 Å². The van der Waals surface area contributed by atoms with E-state index in [0.29, 0.717) is 26.4 Å². The molecule has 2 aromatic rings. The second-order valence-electron chi connectivity index (χ2n) is 8.64. The topological polar surface area (TPSA) is 30.8 Å². The van der Waals surface area contributed by atoms with Crippen LogP contribution in [0.15, 0.2) is 78.3 Å². The molecule has 0 aliphatic rings. The molecule has 2 rings (SSSR count). The molecule has 0 N–H and O–H groups in total. The first-order chi connectivity index (χ1) is 13.9. The van der Waals surface area contributed by atoms with Crippen LogP contribution < -0.4 is 0 Å². The van der Waals surface area contributed by atoms with Gasteiger partial charge < -0.3 is 9.47 Å². The number of nitrogens with zero attached hydrogens (tertiary/aromatic N) is 1. The Morgan fingerprint density at radius 2 is 1.28 bits per heavy atom. The summed E-state index contributed by atoms with van der Waals surface area (Å²) in [6.07, 6.45) is 5.59. The summed E-state index contributed by atoms with van der Waals surface area (Å²) in [6.45, 7) is 12.7. The molecule has 0 bridgehead atoms. The fourth-order valence-corrected chi connectivity index (χ4v) is 3.10. The average Bonchev–Trinajstić information content (AvgIpc) is 2.69. The Balaban J connectivity index is 2.04. The van der Waals surface area contributed by atoms with E-state index in [-0.39, 0.29) is 11.0 Å². The zero-order valence-corrected chi connectivity index (χ0v) is 18.1. The zero-order chi connectivity index (χ0) is 21.0. The second kappa shape index (κ2) is 11.7. The van der Waals surface area contributed by atoms with E-state index in [1.165, 1.54) is 11.1 Å². The van der Waals surface area contributed by atoms with Gasteiger partial charge in [-0.15, -0.1) is 6.58 Å². The van der Waals surface area contributed by atoms with E-state index in [2.05, 4.69) is 56.6 Å². The third kappa shape index (κ3) is 9.21. The van der Waals surface area contributed by atoms with Crippen molar-refractivity contribution in [1.29, 1.82) is 0 Å². The van der Waals surface area contributed by atoms with E-state index in [9.17, 15) is 0 Å². The third-order valence-electron chi connectivity index (χ3n) is 4.62. The summed E-state index contributed by atoms with van der Waals surface area (Å²) >= 11 is 0. The summed E-state index contributed by atoms with van der Waals surface area (Å²) in [5, 5.41) is 0. The molecule has 0 amide bonds. The highest BCUT2D eigenvalue weighted by molar-refractivity contribution is 5.59. The molecular formula is C26H35NO2. The summed E-state index contributed by atoms with van der Waals surface area (Å²) in [7, 11) is 0. The van der Waals surface area contributed by atoms with Gasteiger partial charge in [0.2, 0.25) is 0 Å². The molecule has 0 saturated heterocycles. The Bertz CT molecular complexity index is 687. The van der Waals surface area contributed by atoms with Crippen molar-refractivity contribution in [2.75, 3.05) is 13.2 Å². The summed E-state index contributed by atoms with van der Waals surface area (Å²) in [4.78, 5) is 4.69. The van der Waals surface area contributed by atoms with E-state index in [1.54, 1.807) is 0 Å². The normalized spacial score (nSPS) is 12.4. The molecule has 0 aromatic heterocycles. The molecular weight excluding hydrogens is 358 g/mol. The van der Waals surface area contributed by atoms with Gasteiger partial charge in [-0.2, -0.15) is 0 Å². The monoisotopic (exact) mass is 393 g/mol. The van der Waals surface area contributed by atoms with Gasteiger partial charge >= 0.3 is 0 Å². The van der Waals surface area contributed by atoms with Gasteiger partial charge in [0.25, 0.3) is 0 Å². The van der Waals surface area contributed by atoms with Gasteiger partial charge in [0.05, 0.1) is 32.0 Å². The number of allylic oxidation sites excluding steroid dienone is 1. The summed E-state index contributed by atoms with van der Waals surface area (Å²) in [5.41, 5.74) is 2.08. The lowest BCUT2D eigenvalue weighted by molar-refractivity contribution is -0.0278. The number of ether oxygens (including phenoxy) is 2. The highest BCUT2D eigenvalue weighted by Crippen LogP contribution is 2.29. The van der Waals surface area contributed by atoms with Crippen LogP contribution in [-0.2, 0) is 22.7 Å². The second-order valence-corrected chi connectivity index (χ2v) is 8.64. The summed E-state index contributed by atoms with van der Waals surface area (Å²) in [5.74, 6) is 0. The Labute approximate surface area is 176 Å². The van der Waals surface area contributed by atoms with Crippen molar-refractivity contribution in [2.45, 2.75) is 52.4 Å². The lowest BCUT2D eigenvalue weighted by Gasteiger charge is -2.31. The number of rotatable bonds is 12. The predicted molar refractivity (Wildman–Crippen MR) is 122 cm³/mol. The number of aliphatic imine (C=N–C) groups is 1. The molecule has 0 radical (unpaired) electrons. The van der Waals surface area contributed by atoms with Crippen molar-refractivity contribution in [2.24, 2.45) is 10.4 Å². The molecule has 0 unspecified atom stereocenters. The summed E-state index contributed by atoms with van der Waals surface area (Å²) < 4.78 is 12.3. The highest BCUT2D eigenvalue weighted by Gasteiger charge is 2.29. The SMILES string of the molecule is C=CCC(CC=NC(C)(C)C)(COCc1ccccc1)COCc1ccccc1. The number of hydrogen-bond acceptors (Lipinski definition) is 3. The van der Waals surface area contributed by atoms with Gasteiger partial charge in [0, 0.05) is 11.6 Å². The molecule has 2 aromatic carbocycles. The first-order valence-corrected chi connectivity index (χ1v) is 10.3. The lowest BCUT2D eigenvalue weighted by Crippen LogP contribution is -2.33. The first kappa shape index (κ1) is 23.1. The van der Waals surface area contributed by atoms with Gasteiger partial charge in [-0.05, 0) is 44.7 Å². The molecule has 3 nitrogen and oxygen atoms in total. The smallest absolute Gasteiger partial charge is 0.0717 e. The van der Waals surface area contributed by atoms with Crippen LogP contribution in [0.5, 0.6) is 0 Å². The first-order valence-electron chi connectivity index (χ1n) is 10.3. The largest absolute Gasteiger partial charge is 0.376 e. The van der Waals surface area contributed by atoms with Gasteiger partial charge in [-0.25, -0.2) is 0 Å². The van der Waals surface area contributed by atoms with Crippen molar-refractivity contribution in [3.8, 4) is 0 Å². The van der Waals surface area contributed by atoms with Gasteiger partial charge in [0.15, 0.2) is 0 Å². The lowest BCUT2D eigenvalue weighted by atomic mass is 9.83. The molecule has 0 spiro atoms. The van der Waals surface area contributed by atoms with Crippen LogP contribution in [0.25, 0.3) is 0 Å². The van der Waals surface area contributed by atoms with Crippen molar-refractivity contribution in [3.63, 3.8) is 0 Å². The highest BCUT2D eigenvalue weighted by atomic mass is 16.5. The fraction of sp³-hybridized carbons (Fsp3) is 0.423. The fourth-order valence-electron chi connectivity index (χ4n) is 3.10. The van der Waals surface area contributed by atoms with Crippen molar-refractivity contribution in [3.05, 3.63) is 84.4 Å². The molecule has 0 aliphatic heterocycles. The molecule has 0 aliphatic carbocycles. The van der Waals surface area contributed by atoms with Crippen molar-refractivity contribution in [1.82, 2.24) is 0 Å².